The molecule has 114 valence electrons. The van der Waals surface area contributed by atoms with E-state index in [1.165, 1.54) is 25.9 Å². The summed E-state index contributed by atoms with van der Waals surface area (Å²) in [6.07, 6.45) is 3.60. The minimum Gasteiger partial charge on any atom is -0.494 e. The summed E-state index contributed by atoms with van der Waals surface area (Å²) in [7, 11) is 4.41. The van der Waals surface area contributed by atoms with E-state index in [0.717, 1.165) is 18.7 Å². The Kier molecular flexibility index (Phi) is 6.04. The highest BCUT2D eigenvalue weighted by atomic mass is 16.5. The molecule has 0 bridgehead atoms. The summed E-state index contributed by atoms with van der Waals surface area (Å²) < 4.78 is 5.72. The lowest BCUT2D eigenvalue weighted by molar-refractivity contribution is 0.128. The Morgan fingerprint density at radius 1 is 1.48 bits per heavy atom. The number of rotatable bonds is 6. The lowest BCUT2D eigenvalue weighted by Gasteiger charge is -2.35. The van der Waals surface area contributed by atoms with Gasteiger partial charge in [-0.15, -0.1) is 0 Å². The van der Waals surface area contributed by atoms with E-state index in [9.17, 15) is 0 Å². The highest BCUT2D eigenvalue weighted by Crippen LogP contribution is 2.15. The number of hydrogen-bond donors (Lipinski definition) is 0. The van der Waals surface area contributed by atoms with Crippen molar-refractivity contribution in [2.24, 2.45) is 0 Å². The fourth-order valence-electron chi connectivity index (χ4n) is 2.84. The minimum atomic E-state index is 0.648. The molecule has 1 heterocycles. The molecular formula is C17H25N3O. The zero-order chi connectivity index (χ0) is 15.1. The molecule has 21 heavy (non-hydrogen) atoms. The average Bonchev–Trinajstić information content (AvgIpc) is 2.51. The summed E-state index contributed by atoms with van der Waals surface area (Å²) in [4.78, 5) is 4.86. The number of hydrogen-bond acceptors (Lipinski definition) is 4. The molecule has 1 aliphatic rings. The van der Waals surface area contributed by atoms with Crippen LogP contribution in [0, 0.1) is 11.3 Å². The summed E-state index contributed by atoms with van der Waals surface area (Å²) in [5.41, 5.74) is 0.648. The van der Waals surface area contributed by atoms with E-state index in [0.29, 0.717) is 18.2 Å². The van der Waals surface area contributed by atoms with Crippen LogP contribution < -0.4 is 4.74 Å². The van der Waals surface area contributed by atoms with Gasteiger partial charge in [-0.3, -0.25) is 0 Å². The second-order valence-electron chi connectivity index (χ2n) is 5.88. The Balaban J connectivity index is 1.68. The Morgan fingerprint density at radius 2 is 2.33 bits per heavy atom. The van der Waals surface area contributed by atoms with Crippen molar-refractivity contribution in [3.05, 3.63) is 29.8 Å². The van der Waals surface area contributed by atoms with Crippen molar-refractivity contribution < 1.29 is 4.74 Å². The predicted molar refractivity (Wildman–Crippen MR) is 84.4 cm³/mol. The van der Waals surface area contributed by atoms with Gasteiger partial charge in [-0.25, -0.2) is 0 Å². The molecule has 1 aromatic rings. The first-order chi connectivity index (χ1) is 10.2. The van der Waals surface area contributed by atoms with E-state index in [1.54, 1.807) is 12.1 Å². The molecule has 1 unspecified atom stereocenters. The van der Waals surface area contributed by atoms with Gasteiger partial charge < -0.3 is 14.5 Å². The van der Waals surface area contributed by atoms with Gasteiger partial charge in [-0.2, -0.15) is 5.26 Å². The van der Waals surface area contributed by atoms with Gasteiger partial charge in [-0.05, 0) is 58.1 Å². The molecule has 0 aromatic heterocycles. The van der Waals surface area contributed by atoms with Crippen LogP contribution in [0.4, 0.5) is 0 Å². The molecule has 2 rings (SSSR count). The molecule has 4 nitrogen and oxygen atoms in total. The summed E-state index contributed by atoms with van der Waals surface area (Å²) in [5, 5.41) is 8.86. The van der Waals surface area contributed by atoms with Gasteiger partial charge in [0.05, 0.1) is 18.2 Å². The quantitative estimate of drug-likeness (QED) is 0.753. The molecule has 0 amide bonds. The highest BCUT2D eigenvalue weighted by Gasteiger charge is 2.20. The van der Waals surface area contributed by atoms with Crippen molar-refractivity contribution in [3.8, 4) is 11.8 Å². The van der Waals surface area contributed by atoms with Gasteiger partial charge in [0.25, 0.3) is 0 Å². The van der Waals surface area contributed by atoms with Crippen molar-refractivity contribution in [1.29, 1.82) is 5.26 Å². The van der Waals surface area contributed by atoms with Gasteiger partial charge in [0, 0.05) is 19.1 Å². The van der Waals surface area contributed by atoms with E-state index < -0.39 is 0 Å². The van der Waals surface area contributed by atoms with Gasteiger partial charge in [0.2, 0.25) is 0 Å². The Hall–Kier alpha value is -1.57. The molecule has 1 saturated heterocycles. The summed E-state index contributed by atoms with van der Waals surface area (Å²) in [6, 6.07) is 10.1. The monoisotopic (exact) mass is 287 g/mol. The maximum absolute atomic E-state index is 8.86. The lowest BCUT2D eigenvalue weighted by Crippen LogP contribution is -2.45. The maximum atomic E-state index is 8.86. The molecule has 1 fully saturated rings. The normalized spacial score (nSPS) is 19.4. The highest BCUT2D eigenvalue weighted by molar-refractivity contribution is 5.36. The third kappa shape index (κ3) is 5.04. The Labute approximate surface area is 127 Å². The molecule has 0 radical (unpaired) electrons. The van der Waals surface area contributed by atoms with Gasteiger partial charge in [0.15, 0.2) is 0 Å². The first-order valence-corrected chi connectivity index (χ1v) is 7.71. The van der Waals surface area contributed by atoms with Crippen LogP contribution in [0.1, 0.15) is 24.8 Å². The Bertz CT molecular complexity index is 483. The SMILES string of the molecule is CN1CCCC(N(C)CCCOc2cccc(C#N)c2)C1. The molecule has 0 spiro atoms. The smallest absolute Gasteiger partial charge is 0.120 e. The standard InChI is InChI=1S/C17H25N3O/c1-19-9-4-7-16(14-19)20(2)10-5-11-21-17-8-3-6-15(12-17)13-18/h3,6,8,12,16H,4-5,7,9-11,14H2,1-2H3. The van der Waals surface area contributed by atoms with Crippen LogP contribution in [-0.4, -0.2) is 56.2 Å². The first kappa shape index (κ1) is 15.8. The topological polar surface area (TPSA) is 39.5 Å². The summed E-state index contributed by atoms with van der Waals surface area (Å²) >= 11 is 0. The van der Waals surface area contributed by atoms with Gasteiger partial charge >= 0.3 is 0 Å². The summed E-state index contributed by atoms with van der Waals surface area (Å²) in [5.74, 6) is 0.786. The number of piperidine rings is 1. The van der Waals surface area contributed by atoms with E-state index in [4.69, 9.17) is 10.00 Å². The summed E-state index contributed by atoms with van der Waals surface area (Å²) in [6.45, 7) is 4.14. The molecule has 1 aromatic carbocycles. The van der Waals surface area contributed by atoms with Crippen molar-refractivity contribution in [3.63, 3.8) is 0 Å². The number of likely N-dealkylation sites (tertiary alicyclic amines) is 1. The van der Waals surface area contributed by atoms with E-state index in [1.807, 2.05) is 12.1 Å². The second kappa shape index (κ2) is 8.02. The third-order valence-corrected chi connectivity index (χ3v) is 4.11. The predicted octanol–water partition coefficient (Wildman–Crippen LogP) is 2.35. The molecule has 0 aliphatic carbocycles. The van der Waals surface area contributed by atoms with E-state index >= 15 is 0 Å². The van der Waals surface area contributed by atoms with E-state index in [2.05, 4.69) is 30.0 Å². The third-order valence-electron chi connectivity index (χ3n) is 4.11. The van der Waals surface area contributed by atoms with Gasteiger partial charge in [-0.1, -0.05) is 6.07 Å². The van der Waals surface area contributed by atoms with Crippen LogP contribution in [-0.2, 0) is 0 Å². The number of nitrogens with zero attached hydrogens (tertiary/aromatic N) is 3. The number of nitriles is 1. The zero-order valence-corrected chi connectivity index (χ0v) is 13.1. The number of likely N-dealkylation sites (N-methyl/N-ethyl adjacent to an activating group) is 2. The first-order valence-electron chi connectivity index (χ1n) is 7.71. The molecule has 0 saturated carbocycles. The van der Waals surface area contributed by atoms with Crippen LogP contribution in [0.3, 0.4) is 0 Å². The van der Waals surface area contributed by atoms with Gasteiger partial charge in [0.1, 0.15) is 5.75 Å². The molecule has 0 N–H and O–H groups in total. The minimum absolute atomic E-state index is 0.648. The molecule has 4 heteroatoms. The van der Waals surface area contributed by atoms with Crippen LogP contribution >= 0.6 is 0 Å². The molecular weight excluding hydrogens is 262 g/mol. The zero-order valence-electron chi connectivity index (χ0n) is 13.1. The average molecular weight is 287 g/mol. The van der Waals surface area contributed by atoms with Crippen LogP contribution in [0.15, 0.2) is 24.3 Å². The largest absolute Gasteiger partial charge is 0.494 e. The number of ether oxygens (including phenoxy) is 1. The van der Waals surface area contributed by atoms with Crippen LogP contribution in [0.5, 0.6) is 5.75 Å². The van der Waals surface area contributed by atoms with Crippen molar-refractivity contribution in [1.82, 2.24) is 9.80 Å². The van der Waals surface area contributed by atoms with Crippen LogP contribution in [0.2, 0.25) is 0 Å². The lowest BCUT2D eigenvalue weighted by atomic mass is 10.1. The molecule has 1 atom stereocenters. The van der Waals surface area contributed by atoms with Crippen LogP contribution in [0.25, 0.3) is 0 Å². The maximum Gasteiger partial charge on any atom is 0.120 e. The fraction of sp³-hybridized carbons (Fsp3) is 0.588. The van der Waals surface area contributed by atoms with Crippen molar-refractivity contribution in [2.75, 3.05) is 40.3 Å². The number of benzene rings is 1. The second-order valence-corrected chi connectivity index (χ2v) is 5.88. The van der Waals surface area contributed by atoms with Crippen molar-refractivity contribution in [2.45, 2.75) is 25.3 Å². The molecule has 1 aliphatic heterocycles. The Morgan fingerprint density at radius 3 is 3.10 bits per heavy atom. The van der Waals surface area contributed by atoms with Crippen molar-refractivity contribution >= 4 is 0 Å². The fourth-order valence-corrected chi connectivity index (χ4v) is 2.84. The van der Waals surface area contributed by atoms with E-state index in [-0.39, 0.29) is 0 Å².